The molecular weight excluding hydrogens is 845 g/mol. The molecular formula is C42H46Cl2F2N12O4. The van der Waals surface area contributed by atoms with Gasteiger partial charge in [-0.05, 0) is 70.4 Å². The molecule has 0 radical (unpaired) electrons. The third kappa shape index (κ3) is 9.88. The Bertz CT molecular complexity index is 2570. The van der Waals surface area contributed by atoms with E-state index in [0.29, 0.717) is 70.2 Å². The number of amides is 2. The molecule has 3 aliphatic rings. The first kappa shape index (κ1) is 43.1. The van der Waals surface area contributed by atoms with Gasteiger partial charge in [-0.25, -0.2) is 38.7 Å². The van der Waals surface area contributed by atoms with E-state index in [0.717, 1.165) is 55.5 Å². The molecule has 62 heavy (non-hydrogen) atoms. The van der Waals surface area contributed by atoms with E-state index in [9.17, 15) is 18.4 Å². The highest BCUT2D eigenvalue weighted by molar-refractivity contribution is 6.31. The van der Waals surface area contributed by atoms with Gasteiger partial charge in [0.1, 0.15) is 11.3 Å². The number of halogens is 4. The second-order valence-corrected chi connectivity index (χ2v) is 17.1. The summed E-state index contributed by atoms with van der Waals surface area (Å²) in [5.74, 6) is -0.203. The number of carbonyl (C=O) groups excluding carboxylic acids is 2. The Morgan fingerprint density at radius 2 is 1.24 bits per heavy atom. The van der Waals surface area contributed by atoms with E-state index in [1.165, 1.54) is 6.20 Å². The molecule has 0 bridgehead atoms. The molecule has 9 rings (SSSR count). The molecule has 326 valence electrons. The molecule has 3 fully saturated rings. The number of hydrogen-bond acceptors (Lipinski definition) is 12. The smallest absolute Gasteiger partial charge is 0.230 e. The van der Waals surface area contributed by atoms with Crippen LogP contribution in [-0.4, -0.2) is 101 Å². The van der Waals surface area contributed by atoms with Crippen molar-refractivity contribution in [2.75, 3.05) is 30.5 Å². The molecule has 1 aliphatic heterocycles. The number of hydrogen-bond donors (Lipinski definition) is 7. The number of fused-ring (bicyclic) bond motifs is 2. The van der Waals surface area contributed by atoms with Crippen molar-refractivity contribution < 1.29 is 28.2 Å². The van der Waals surface area contributed by atoms with Crippen LogP contribution < -0.4 is 21.3 Å². The first-order valence-corrected chi connectivity index (χ1v) is 21.3. The number of aliphatic hydroxyl groups is 1. The highest BCUT2D eigenvalue weighted by atomic mass is 35.5. The van der Waals surface area contributed by atoms with Crippen LogP contribution in [0.5, 0.6) is 0 Å². The van der Waals surface area contributed by atoms with E-state index in [2.05, 4.69) is 61.1 Å². The fourth-order valence-corrected chi connectivity index (χ4v) is 8.43. The van der Waals surface area contributed by atoms with Crippen LogP contribution in [0.3, 0.4) is 0 Å². The first-order valence-electron chi connectivity index (χ1n) is 20.6. The van der Waals surface area contributed by atoms with Gasteiger partial charge in [-0.1, -0.05) is 23.2 Å². The monoisotopic (exact) mass is 890 g/mol. The third-order valence-electron chi connectivity index (χ3n) is 11.4. The van der Waals surface area contributed by atoms with Crippen molar-refractivity contribution in [2.24, 2.45) is 5.41 Å². The number of ether oxygens (including phenoxy) is 1. The molecule has 2 saturated carbocycles. The van der Waals surface area contributed by atoms with Crippen LogP contribution in [0.25, 0.3) is 44.8 Å². The summed E-state index contributed by atoms with van der Waals surface area (Å²) in [6, 6.07) is 3.53. The van der Waals surface area contributed by atoms with Crippen LogP contribution >= 0.6 is 23.2 Å². The average Bonchev–Trinajstić information content (AvgIpc) is 3.86. The van der Waals surface area contributed by atoms with Gasteiger partial charge < -0.3 is 41.1 Å². The van der Waals surface area contributed by atoms with E-state index in [1.54, 1.807) is 36.9 Å². The summed E-state index contributed by atoms with van der Waals surface area (Å²) in [5.41, 5.74) is 2.24. The van der Waals surface area contributed by atoms with Crippen LogP contribution in [0, 0.1) is 17.0 Å². The fourth-order valence-electron chi connectivity index (χ4n) is 8.11. The second kappa shape index (κ2) is 18.8. The van der Waals surface area contributed by atoms with Crippen molar-refractivity contribution in [3.8, 4) is 22.8 Å². The second-order valence-electron chi connectivity index (χ2n) is 16.3. The van der Waals surface area contributed by atoms with E-state index in [4.69, 9.17) is 33.0 Å². The third-order valence-corrected chi connectivity index (χ3v) is 11.8. The van der Waals surface area contributed by atoms with E-state index >= 15 is 0 Å². The number of nitrogens with zero attached hydrogens (tertiary/aromatic N) is 6. The van der Waals surface area contributed by atoms with Gasteiger partial charge in [0, 0.05) is 77.3 Å². The Kier molecular flexibility index (Phi) is 13.1. The van der Waals surface area contributed by atoms with Crippen molar-refractivity contribution in [3.05, 3.63) is 71.0 Å². The van der Waals surface area contributed by atoms with Gasteiger partial charge in [-0.3, -0.25) is 9.59 Å². The van der Waals surface area contributed by atoms with Crippen LogP contribution in [0.15, 0.2) is 49.3 Å². The SMILES string of the molecule is CC1(C(=O)N[C@H]2CCC[C@@H](Nc3nc(-c4c[nH]c5ncc(Cl)cc45)ncc3F)C2)COC1.O=C(CCO)N[C@@H]1CCC[C@H](Nc2nc(-c3c[nH]c4ncc(Cl)cc34)ncc2F)C1. The molecule has 2 amide bonds. The molecule has 0 aromatic carbocycles. The van der Waals surface area contributed by atoms with E-state index in [1.807, 2.05) is 6.92 Å². The Labute approximate surface area is 364 Å². The minimum atomic E-state index is -0.541. The normalized spacial score (nSPS) is 20.7. The lowest BCUT2D eigenvalue weighted by Crippen LogP contribution is -2.55. The lowest BCUT2D eigenvalue weighted by atomic mass is 9.85. The summed E-state index contributed by atoms with van der Waals surface area (Å²) < 4.78 is 34.2. The molecule has 7 N–H and O–H groups in total. The topological polar surface area (TPSA) is 221 Å². The zero-order valence-corrected chi connectivity index (χ0v) is 35.3. The molecule has 1 saturated heterocycles. The highest BCUT2D eigenvalue weighted by Crippen LogP contribution is 2.32. The maximum atomic E-state index is 14.5. The van der Waals surface area contributed by atoms with Gasteiger partial charge >= 0.3 is 0 Å². The summed E-state index contributed by atoms with van der Waals surface area (Å²) in [4.78, 5) is 56.0. The Balaban J connectivity index is 0.000000171. The number of aromatic nitrogens is 8. The minimum absolute atomic E-state index is 0.00386. The Morgan fingerprint density at radius 1 is 0.758 bits per heavy atom. The molecule has 6 aromatic heterocycles. The number of rotatable bonds is 11. The van der Waals surface area contributed by atoms with Gasteiger partial charge in [-0.15, -0.1) is 0 Å². The van der Waals surface area contributed by atoms with Crippen LogP contribution in [-0.2, 0) is 14.3 Å². The maximum Gasteiger partial charge on any atom is 0.230 e. The summed E-state index contributed by atoms with van der Waals surface area (Å²) in [7, 11) is 0. The maximum absolute atomic E-state index is 14.5. The fraction of sp³-hybridized carbons (Fsp3) is 0.429. The lowest BCUT2D eigenvalue weighted by molar-refractivity contribution is -0.158. The van der Waals surface area contributed by atoms with Gasteiger partial charge in [0.15, 0.2) is 34.9 Å². The zero-order valence-electron chi connectivity index (χ0n) is 33.8. The van der Waals surface area contributed by atoms with Crippen molar-refractivity contribution in [1.82, 2.24) is 50.5 Å². The number of pyridine rings is 2. The van der Waals surface area contributed by atoms with E-state index in [-0.39, 0.29) is 60.6 Å². The van der Waals surface area contributed by atoms with Crippen LogP contribution in [0.1, 0.15) is 64.7 Å². The number of aromatic amines is 2. The molecule has 0 spiro atoms. The largest absolute Gasteiger partial charge is 0.396 e. The van der Waals surface area contributed by atoms with Gasteiger partial charge in [0.25, 0.3) is 0 Å². The summed E-state index contributed by atoms with van der Waals surface area (Å²) >= 11 is 12.1. The Hall–Kier alpha value is -5.56. The summed E-state index contributed by atoms with van der Waals surface area (Å²) in [6.45, 7) is 2.65. The van der Waals surface area contributed by atoms with Crippen LogP contribution in [0.2, 0.25) is 10.0 Å². The molecule has 16 nitrogen and oxygen atoms in total. The highest BCUT2D eigenvalue weighted by Gasteiger charge is 2.42. The number of nitrogens with one attached hydrogen (secondary N) is 6. The minimum Gasteiger partial charge on any atom is -0.396 e. The predicted molar refractivity (Wildman–Crippen MR) is 230 cm³/mol. The van der Waals surface area contributed by atoms with Crippen molar-refractivity contribution >= 4 is 68.7 Å². The molecule has 20 heteroatoms. The van der Waals surface area contributed by atoms with Gasteiger partial charge in [0.05, 0.1) is 47.7 Å². The summed E-state index contributed by atoms with van der Waals surface area (Å²) in [6.07, 6.45) is 15.6. The number of carbonyl (C=O) groups is 2. The zero-order chi connectivity index (χ0) is 43.4. The van der Waals surface area contributed by atoms with Gasteiger partial charge in [-0.2, -0.15) is 0 Å². The predicted octanol–water partition coefficient (Wildman–Crippen LogP) is 6.72. The molecule has 7 heterocycles. The number of aliphatic hydroxyl groups excluding tert-OH is 1. The molecule has 2 aliphatic carbocycles. The standard InChI is InChI=1S/C22H24ClFN6O2.C20H22ClFN6O2/c1-22(10-32-11-22)21(31)29-14-4-2-3-13(6-14)28-20-17(24)9-27-19(30-20)16-8-26-18-15(16)5-12(23)7-25-18;21-11-6-14-15(9-24-18(14)23-8-11)19-25-10-16(22)20(28-19)27-13-3-1-2-12(7-13)26-17(30)4-5-29/h5,7-9,13-14H,2-4,6,10-11H2,1H3,(H,25,26)(H,29,31)(H,27,28,30);6,8-10,12-13,29H,1-5,7H2,(H,23,24)(H,26,30)(H,25,27,28)/t13-,14+;12-,13+/m11/s1. The van der Waals surface area contributed by atoms with Crippen LogP contribution in [0.4, 0.5) is 20.4 Å². The quantitative estimate of drug-likeness (QED) is 0.0721. The van der Waals surface area contributed by atoms with Crippen molar-refractivity contribution in [2.45, 2.75) is 88.9 Å². The number of H-pyrrole nitrogens is 2. The number of anilines is 2. The average molecular weight is 892 g/mol. The van der Waals surface area contributed by atoms with E-state index < -0.39 is 17.0 Å². The molecule has 6 aromatic rings. The molecule has 0 unspecified atom stereocenters. The molecule has 4 atom stereocenters. The first-order chi connectivity index (χ1) is 29.9. The Morgan fingerprint density at radius 3 is 1.71 bits per heavy atom. The van der Waals surface area contributed by atoms with Gasteiger partial charge in [0.2, 0.25) is 11.8 Å². The van der Waals surface area contributed by atoms with Crippen molar-refractivity contribution in [1.29, 1.82) is 0 Å². The van der Waals surface area contributed by atoms with Crippen molar-refractivity contribution in [3.63, 3.8) is 0 Å². The lowest BCUT2D eigenvalue weighted by Gasteiger charge is -2.39. The summed E-state index contributed by atoms with van der Waals surface area (Å²) in [5, 5.41) is 23.8.